The lowest BCUT2D eigenvalue weighted by atomic mass is 9.94. The van der Waals surface area contributed by atoms with Crippen LogP contribution in [0, 0.1) is 0 Å². The molecule has 1 aliphatic heterocycles. The summed E-state index contributed by atoms with van der Waals surface area (Å²) in [5, 5.41) is 2.87. The van der Waals surface area contributed by atoms with E-state index in [1.807, 2.05) is 36.4 Å². The average molecular weight is 279 g/mol. The Kier molecular flexibility index (Phi) is 3.28. The van der Waals surface area contributed by atoms with Gasteiger partial charge in [-0.15, -0.1) is 0 Å². The van der Waals surface area contributed by atoms with Crippen LogP contribution in [-0.4, -0.2) is 19.0 Å². The molecular formula is C17H13NO3. The number of hydrogen-bond donors (Lipinski definition) is 1. The molecule has 1 heterocycles. The Morgan fingerprint density at radius 1 is 1.00 bits per heavy atom. The number of methoxy groups -OCH3 is 1. The number of hydrogen-bond acceptors (Lipinski definition) is 3. The monoisotopic (exact) mass is 279 g/mol. The van der Waals surface area contributed by atoms with E-state index in [1.165, 1.54) is 13.2 Å². The van der Waals surface area contributed by atoms with Gasteiger partial charge in [-0.1, -0.05) is 36.4 Å². The fraction of sp³-hybridized carbons (Fsp3) is 0.0588. The maximum Gasteiger partial charge on any atom is 0.331 e. The van der Waals surface area contributed by atoms with Gasteiger partial charge in [-0.2, -0.15) is 0 Å². The van der Waals surface area contributed by atoms with Gasteiger partial charge in [0.1, 0.15) is 0 Å². The third-order valence-electron chi connectivity index (χ3n) is 3.39. The van der Waals surface area contributed by atoms with E-state index in [1.54, 1.807) is 12.1 Å². The van der Waals surface area contributed by atoms with Gasteiger partial charge in [0, 0.05) is 22.9 Å². The number of benzene rings is 2. The normalized spacial score (nSPS) is 14.7. The van der Waals surface area contributed by atoms with Crippen molar-refractivity contribution in [1.29, 1.82) is 0 Å². The fourth-order valence-corrected chi connectivity index (χ4v) is 2.41. The van der Waals surface area contributed by atoms with Crippen LogP contribution in [0.15, 0.2) is 54.6 Å². The van der Waals surface area contributed by atoms with Crippen LogP contribution in [-0.2, 0) is 9.53 Å². The van der Waals surface area contributed by atoms with Crippen molar-refractivity contribution in [3.05, 3.63) is 71.3 Å². The second-order valence-electron chi connectivity index (χ2n) is 4.63. The van der Waals surface area contributed by atoms with Crippen LogP contribution >= 0.6 is 0 Å². The quantitative estimate of drug-likeness (QED) is 0.645. The summed E-state index contributed by atoms with van der Waals surface area (Å²) in [6.07, 6.45) is 1.41. The number of esters is 1. The molecule has 2 aromatic rings. The van der Waals surface area contributed by atoms with Crippen molar-refractivity contribution in [2.45, 2.75) is 0 Å². The maximum absolute atomic E-state index is 12.3. The lowest BCUT2D eigenvalue weighted by Gasteiger charge is -2.09. The zero-order chi connectivity index (χ0) is 14.8. The number of carbonyl (C=O) groups excluding carboxylic acids is 2. The minimum atomic E-state index is -0.455. The van der Waals surface area contributed by atoms with E-state index in [0.29, 0.717) is 22.4 Å². The topological polar surface area (TPSA) is 55.4 Å². The second-order valence-corrected chi connectivity index (χ2v) is 4.63. The molecule has 0 saturated heterocycles. The van der Waals surface area contributed by atoms with Gasteiger partial charge in [-0.3, -0.25) is 4.79 Å². The van der Waals surface area contributed by atoms with Crippen LogP contribution < -0.4 is 5.32 Å². The Morgan fingerprint density at radius 3 is 2.33 bits per heavy atom. The number of para-hydroxylation sites is 1. The van der Waals surface area contributed by atoms with E-state index in [4.69, 9.17) is 4.74 Å². The van der Waals surface area contributed by atoms with E-state index >= 15 is 0 Å². The van der Waals surface area contributed by atoms with Crippen molar-refractivity contribution < 1.29 is 14.3 Å². The fourth-order valence-electron chi connectivity index (χ4n) is 2.41. The first-order chi connectivity index (χ1) is 10.2. The molecule has 0 radical (unpaired) electrons. The van der Waals surface area contributed by atoms with Gasteiger partial charge in [-0.25, -0.2) is 4.79 Å². The van der Waals surface area contributed by atoms with Crippen molar-refractivity contribution in [2.24, 2.45) is 0 Å². The van der Waals surface area contributed by atoms with Gasteiger partial charge in [0.15, 0.2) is 0 Å². The molecule has 1 aliphatic rings. The molecule has 0 saturated carbocycles. The van der Waals surface area contributed by atoms with Crippen LogP contribution in [0.25, 0.3) is 5.57 Å². The SMILES string of the molecule is COC(=O)/C=C1/c2ccccc2NC(=O)c2ccccc21. The van der Waals surface area contributed by atoms with Crippen molar-refractivity contribution in [3.8, 4) is 0 Å². The van der Waals surface area contributed by atoms with E-state index in [9.17, 15) is 9.59 Å². The average Bonchev–Trinajstić information content (AvgIpc) is 2.63. The zero-order valence-electron chi connectivity index (χ0n) is 11.4. The predicted octanol–water partition coefficient (Wildman–Crippen LogP) is 2.86. The number of amides is 1. The molecule has 1 N–H and O–H groups in total. The lowest BCUT2D eigenvalue weighted by molar-refractivity contribution is -0.134. The molecule has 4 heteroatoms. The molecule has 4 nitrogen and oxygen atoms in total. The van der Waals surface area contributed by atoms with Crippen molar-refractivity contribution in [3.63, 3.8) is 0 Å². The first-order valence-corrected chi connectivity index (χ1v) is 6.50. The lowest BCUT2D eigenvalue weighted by Crippen LogP contribution is -2.11. The molecule has 104 valence electrons. The molecule has 0 unspecified atom stereocenters. The van der Waals surface area contributed by atoms with Crippen LogP contribution in [0.2, 0.25) is 0 Å². The van der Waals surface area contributed by atoms with Crippen LogP contribution in [0.4, 0.5) is 5.69 Å². The Hall–Kier alpha value is -2.88. The first-order valence-electron chi connectivity index (χ1n) is 6.50. The van der Waals surface area contributed by atoms with Gasteiger partial charge < -0.3 is 10.1 Å². The zero-order valence-corrected chi connectivity index (χ0v) is 11.4. The molecule has 0 atom stereocenters. The Bertz CT molecular complexity index is 762. The highest BCUT2D eigenvalue weighted by Gasteiger charge is 2.23. The number of anilines is 1. The smallest absolute Gasteiger partial charge is 0.331 e. The number of rotatable bonds is 1. The Balaban J connectivity index is 2.31. The third kappa shape index (κ3) is 2.31. The van der Waals surface area contributed by atoms with Crippen LogP contribution in [0.1, 0.15) is 21.5 Å². The second kappa shape index (κ2) is 5.25. The van der Waals surface area contributed by atoms with E-state index in [2.05, 4.69) is 5.32 Å². The number of ether oxygens (including phenoxy) is 1. The summed E-state index contributed by atoms with van der Waals surface area (Å²) in [4.78, 5) is 24.0. The van der Waals surface area contributed by atoms with E-state index in [-0.39, 0.29) is 5.91 Å². The van der Waals surface area contributed by atoms with Gasteiger partial charge in [0.25, 0.3) is 5.91 Å². The van der Waals surface area contributed by atoms with Crippen molar-refractivity contribution in [2.75, 3.05) is 12.4 Å². The Morgan fingerprint density at radius 2 is 1.62 bits per heavy atom. The number of fused-ring (bicyclic) bond motifs is 2. The van der Waals surface area contributed by atoms with Crippen molar-refractivity contribution >= 4 is 23.1 Å². The highest BCUT2D eigenvalue weighted by molar-refractivity contribution is 6.14. The van der Waals surface area contributed by atoms with Crippen LogP contribution in [0.5, 0.6) is 0 Å². The minimum absolute atomic E-state index is 0.189. The molecule has 0 spiro atoms. The molecule has 21 heavy (non-hydrogen) atoms. The summed E-state index contributed by atoms with van der Waals surface area (Å²) in [6.45, 7) is 0. The maximum atomic E-state index is 12.3. The van der Waals surface area contributed by atoms with Gasteiger partial charge >= 0.3 is 5.97 Å². The Labute approximate surface area is 122 Å². The molecule has 0 fully saturated rings. The molecule has 0 aromatic heterocycles. The third-order valence-corrected chi connectivity index (χ3v) is 3.39. The predicted molar refractivity (Wildman–Crippen MR) is 79.9 cm³/mol. The van der Waals surface area contributed by atoms with Crippen molar-refractivity contribution in [1.82, 2.24) is 0 Å². The molecule has 0 aliphatic carbocycles. The summed E-state index contributed by atoms with van der Waals surface area (Å²) in [5.74, 6) is -0.643. The minimum Gasteiger partial charge on any atom is -0.466 e. The number of carbonyl (C=O) groups is 2. The largest absolute Gasteiger partial charge is 0.466 e. The molecule has 0 bridgehead atoms. The standard InChI is InChI=1S/C17H13NO3/c1-21-16(19)10-14-11-6-2-3-8-13(11)17(20)18-15-9-5-4-7-12(14)15/h2-10H,1H3,(H,18,20)/b14-10+. The van der Waals surface area contributed by atoms with Gasteiger partial charge in [-0.05, 0) is 23.3 Å². The van der Waals surface area contributed by atoms with E-state index < -0.39 is 5.97 Å². The summed E-state index contributed by atoms with van der Waals surface area (Å²) in [7, 11) is 1.33. The molecular weight excluding hydrogens is 266 g/mol. The van der Waals surface area contributed by atoms with Gasteiger partial charge in [0.05, 0.1) is 7.11 Å². The summed E-state index contributed by atoms with van der Waals surface area (Å²) >= 11 is 0. The molecule has 2 aromatic carbocycles. The highest BCUT2D eigenvalue weighted by Crippen LogP contribution is 2.34. The summed E-state index contributed by atoms with van der Waals surface area (Å²) in [5.41, 5.74) is 3.38. The van der Waals surface area contributed by atoms with E-state index in [0.717, 1.165) is 5.56 Å². The molecule has 3 rings (SSSR count). The molecule has 1 amide bonds. The first kappa shape index (κ1) is 13.1. The summed E-state index contributed by atoms with van der Waals surface area (Å²) < 4.78 is 4.73. The van der Waals surface area contributed by atoms with Crippen LogP contribution in [0.3, 0.4) is 0 Å². The number of nitrogens with one attached hydrogen (secondary N) is 1. The van der Waals surface area contributed by atoms with Gasteiger partial charge in [0.2, 0.25) is 0 Å². The highest BCUT2D eigenvalue weighted by atomic mass is 16.5. The summed E-state index contributed by atoms with van der Waals surface area (Å²) in [6, 6.07) is 14.6.